The number of carbonyl (C=O) groups is 1. The van der Waals surface area contributed by atoms with Crippen LogP contribution in [0.2, 0.25) is 0 Å². The molecule has 0 spiro atoms. The lowest BCUT2D eigenvalue weighted by atomic mass is 9.83. The zero-order chi connectivity index (χ0) is 32.4. The summed E-state index contributed by atoms with van der Waals surface area (Å²) in [6.45, 7) is 6.10. The van der Waals surface area contributed by atoms with Gasteiger partial charge in [-0.2, -0.15) is 10.4 Å². The van der Waals surface area contributed by atoms with Crippen LogP contribution in [0.25, 0.3) is 0 Å². The topological polar surface area (TPSA) is 136 Å². The quantitative estimate of drug-likeness (QED) is 0.378. The Morgan fingerprint density at radius 2 is 2.06 bits per heavy atom. The van der Waals surface area contributed by atoms with E-state index in [9.17, 15) is 10.1 Å². The van der Waals surface area contributed by atoms with Crippen LogP contribution in [0.15, 0.2) is 69.1 Å². The third-order valence-corrected chi connectivity index (χ3v) is 9.54. The second-order valence-electron chi connectivity index (χ2n) is 12.9. The zero-order valence-electron chi connectivity index (χ0n) is 27.3. The van der Waals surface area contributed by atoms with Gasteiger partial charge in [0.2, 0.25) is 0 Å². The number of amidine groups is 2. The molecular formula is C35H46N10O2. The molecule has 1 saturated carbocycles. The summed E-state index contributed by atoms with van der Waals surface area (Å²) >= 11 is 0. The van der Waals surface area contributed by atoms with Crippen LogP contribution in [0.4, 0.5) is 4.79 Å². The second-order valence-corrected chi connectivity index (χ2v) is 12.9. The molecule has 2 amide bonds. The van der Waals surface area contributed by atoms with Gasteiger partial charge in [-0.15, -0.1) is 5.73 Å². The number of rotatable bonds is 10. The largest absolute Gasteiger partial charge is 0.379 e. The standard InChI is InChI=1S/C35H46N10O2/c1-43-25-30(24-41-43)28-9-12-33(39-22-28)45(35(46)40-21-27-5-3-2-4-6-27)31-10-7-26(8-11-31)19-32-38-23-29(20-36)34(42-32)37-13-14-44-15-17-47-18-16-44/h3-5,9,12,23-26,28-29,31,34,37H,2,7-8,10-11,13-19,21-22H2,1H3,(H,40,46). The lowest BCUT2D eigenvalue weighted by Gasteiger charge is -2.37. The number of amides is 2. The van der Waals surface area contributed by atoms with Crippen molar-refractivity contribution in [2.45, 2.75) is 56.7 Å². The van der Waals surface area contributed by atoms with Gasteiger partial charge in [0.15, 0.2) is 0 Å². The van der Waals surface area contributed by atoms with Crippen molar-refractivity contribution in [1.82, 2.24) is 30.2 Å². The van der Waals surface area contributed by atoms with Gasteiger partial charge in [-0.1, -0.05) is 18.2 Å². The van der Waals surface area contributed by atoms with Crippen LogP contribution in [0.3, 0.4) is 0 Å². The van der Waals surface area contributed by atoms with Gasteiger partial charge in [-0.25, -0.2) is 14.8 Å². The number of aliphatic imine (C=N–C) groups is 3. The van der Waals surface area contributed by atoms with E-state index in [4.69, 9.17) is 14.7 Å². The molecule has 248 valence electrons. The van der Waals surface area contributed by atoms with Crippen molar-refractivity contribution in [3.63, 3.8) is 0 Å². The van der Waals surface area contributed by atoms with Crippen LogP contribution in [0, 0.1) is 23.2 Å². The average molecular weight is 639 g/mol. The number of aromatic nitrogens is 2. The number of hydrogen-bond donors (Lipinski definition) is 2. The highest BCUT2D eigenvalue weighted by Crippen LogP contribution is 2.32. The summed E-state index contributed by atoms with van der Waals surface area (Å²) in [4.78, 5) is 32.4. The van der Waals surface area contributed by atoms with E-state index >= 15 is 0 Å². The van der Waals surface area contributed by atoms with Crippen molar-refractivity contribution in [3.8, 4) is 6.07 Å². The minimum absolute atomic E-state index is 0.0466. The molecule has 2 fully saturated rings. The van der Waals surface area contributed by atoms with Crippen LogP contribution in [-0.2, 0) is 11.8 Å². The number of nitrogens with one attached hydrogen (secondary N) is 2. The summed E-state index contributed by atoms with van der Waals surface area (Å²) in [7, 11) is 1.92. The van der Waals surface area contributed by atoms with Gasteiger partial charge >= 0.3 is 6.03 Å². The number of allylic oxidation sites excluding steroid dienone is 1. The molecule has 4 heterocycles. The number of hydrogen-bond acceptors (Lipinski definition) is 9. The SMILES string of the molecule is Cn1cc(C2C=CC(N(C(=O)NCC3=C=CCC=C3)C3CCC(CC4=NC(NCCN5CCOCC5)C(C#N)C=N4)CC3)=NC2)cn1. The molecule has 5 aliphatic rings. The first-order valence-corrected chi connectivity index (χ1v) is 17.0. The molecular weight excluding hydrogens is 592 g/mol. The number of aryl methyl sites for hydroxylation is 1. The van der Waals surface area contributed by atoms with Gasteiger partial charge in [0.25, 0.3) is 0 Å². The number of dihydropyridines is 1. The first-order chi connectivity index (χ1) is 23.1. The highest BCUT2D eigenvalue weighted by molar-refractivity contribution is 6.04. The monoisotopic (exact) mass is 638 g/mol. The maximum absolute atomic E-state index is 13.8. The van der Waals surface area contributed by atoms with Crippen molar-refractivity contribution in [3.05, 3.63) is 59.6 Å². The molecule has 47 heavy (non-hydrogen) atoms. The highest BCUT2D eigenvalue weighted by Gasteiger charge is 2.33. The maximum Gasteiger partial charge on any atom is 0.323 e. The number of ether oxygens (including phenoxy) is 1. The predicted molar refractivity (Wildman–Crippen MR) is 182 cm³/mol. The Balaban J connectivity index is 1.06. The minimum atomic E-state index is -0.372. The Morgan fingerprint density at radius 1 is 1.21 bits per heavy atom. The molecule has 2 N–H and O–H groups in total. The molecule has 1 aromatic heterocycles. The maximum atomic E-state index is 13.8. The fourth-order valence-corrected chi connectivity index (χ4v) is 6.82. The lowest BCUT2D eigenvalue weighted by molar-refractivity contribution is 0.0381. The van der Waals surface area contributed by atoms with Crippen LogP contribution in [-0.4, -0.2) is 108 Å². The molecule has 0 radical (unpaired) electrons. The van der Waals surface area contributed by atoms with Crippen molar-refractivity contribution < 1.29 is 9.53 Å². The van der Waals surface area contributed by atoms with E-state index in [0.29, 0.717) is 24.8 Å². The number of urea groups is 1. The molecule has 6 rings (SSSR count). The summed E-state index contributed by atoms with van der Waals surface area (Å²) in [6, 6.07) is 2.26. The zero-order valence-corrected chi connectivity index (χ0v) is 27.3. The second kappa shape index (κ2) is 16.1. The third-order valence-electron chi connectivity index (χ3n) is 9.54. The summed E-state index contributed by atoms with van der Waals surface area (Å²) in [6.07, 6.45) is 20.9. The average Bonchev–Trinajstić information content (AvgIpc) is 3.55. The van der Waals surface area contributed by atoms with E-state index < -0.39 is 0 Å². The summed E-state index contributed by atoms with van der Waals surface area (Å²) in [5, 5.41) is 20.6. The molecule has 1 saturated heterocycles. The van der Waals surface area contributed by atoms with Gasteiger partial charge < -0.3 is 10.1 Å². The Bertz CT molecular complexity index is 1510. The normalized spacial score (nSPS) is 27.5. The predicted octanol–water partition coefficient (Wildman–Crippen LogP) is 3.34. The molecule has 2 aliphatic carbocycles. The Hall–Kier alpha value is -4.14. The van der Waals surface area contributed by atoms with E-state index in [1.807, 2.05) is 42.6 Å². The number of carbonyl (C=O) groups excluding carboxylic acids is 1. The molecule has 1 aromatic rings. The van der Waals surface area contributed by atoms with Gasteiger partial charge in [0.05, 0.1) is 38.6 Å². The minimum Gasteiger partial charge on any atom is -0.379 e. The first-order valence-electron chi connectivity index (χ1n) is 17.0. The molecule has 12 heteroatoms. The van der Waals surface area contributed by atoms with E-state index in [0.717, 1.165) is 94.9 Å². The Kier molecular flexibility index (Phi) is 11.2. The van der Waals surface area contributed by atoms with Crippen LogP contribution in [0.1, 0.15) is 50.0 Å². The van der Waals surface area contributed by atoms with E-state index in [1.54, 1.807) is 10.9 Å². The molecule has 0 aromatic carbocycles. The van der Waals surface area contributed by atoms with Crippen LogP contribution < -0.4 is 10.6 Å². The fraction of sp³-hybridized carbons (Fsp3) is 0.571. The van der Waals surface area contributed by atoms with Gasteiger partial charge in [-0.05, 0) is 55.7 Å². The van der Waals surface area contributed by atoms with Crippen LogP contribution in [0.5, 0.6) is 0 Å². The van der Waals surface area contributed by atoms with Crippen LogP contribution >= 0.6 is 0 Å². The molecule has 12 nitrogen and oxygen atoms in total. The van der Waals surface area contributed by atoms with Crippen molar-refractivity contribution in [2.24, 2.45) is 33.9 Å². The first kappa shape index (κ1) is 32.8. The van der Waals surface area contributed by atoms with Crippen molar-refractivity contribution in [1.29, 1.82) is 5.26 Å². The molecule has 3 atom stereocenters. The van der Waals surface area contributed by atoms with E-state index in [1.165, 1.54) is 0 Å². The third kappa shape index (κ3) is 8.82. The molecule has 3 aliphatic heterocycles. The van der Waals surface area contributed by atoms with Gasteiger partial charge in [-0.3, -0.25) is 24.8 Å². The van der Waals surface area contributed by atoms with Crippen molar-refractivity contribution in [2.75, 3.05) is 52.5 Å². The highest BCUT2D eigenvalue weighted by atomic mass is 16.5. The van der Waals surface area contributed by atoms with Gasteiger partial charge in [0.1, 0.15) is 23.8 Å². The Morgan fingerprint density at radius 3 is 2.77 bits per heavy atom. The number of nitriles is 1. The van der Waals surface area contributed by atoms with E-state index in [2.05, 4.69) is 49.6 Å². The summed E-state index contributed by atoms with van der Waals surface area (Å²) < 4.78 is 7.25. The summed E-state index contributed by atoms with van der Waals surface area (Å²) in [5.41, 5.74) is 5.33. The number of nitrogens with zero attached hydrogens (tertiary/aromatic N) is 8. The molecule has 0 bridgehead atoms. The lowest BCUT2D eigenvalue weighted by Crippen LogP contribution is -2.51. The van der Waals surface area contributed by atoms with Crippen molar-refractivity contribution >= 4 is 23.9 Å². The summed E-state index contributed by atoms with van der Waals surface area (Å²) in [5.74, 6) is 1.71. The Labute approximate surface area is 277 Å². The van der Waals surface area contributed by atoms with E-state index in [-0.39, 0.29) is 30.1 Å². The number of morpholine rings is 1. The molecule has 3 unspecified atom stereocenters. The fourth-order valence-electron chi connectivity index (χ4n) is 6.82. The van der Waals surface area contributed by atoms with Gasteiger partial charge in [0, 0.05) is 69.6 Å². The smallest absolute Gasteiger partial charge is 0.323 e.